The van der Waals surface area contributed by atoms with E-state index in [0.717, 1.165) is 23.3 Å². The van der Waals surface area contributed by atoms with Crippen LogP contribution in [0.1, 0.15) is 26.6 Å². The third-order valence-corrected chi connectivity index (χ3v) is 5.29. The number of aromatic nitrogens is 2. The van der Waals surface area contributed by atoms with E-state index in [9.17, 15) is 4.79 Å². The topological polar surface area (TPSA) is 50.8 Å². The number of hydrogen-bond donors (Lipinski definition) is 0. The van der Waals surface area contributed by atoms with Crippen LogP contribution in [-0.2, 0) is 13.0 Å². The summed E-state index contributed by atoms with van der Waals surface area (Å²) in [4.78, 5) is 21.0. The molecular formula is C20H19N3O2S. The van der Waals surface area contributed by atoms with Gasteiger partial charge in [-0.1, -0.05) is 12.1 Å². The van der Waals surface area contributed by atoms with E-state index in [1.54, 1.807) is 23.9 Å². The highest BCUT2D eigenvalue weighted by Crippen LogP contribution is 2.18. The summed E-state index contributed by atoms with van der Waals surface area (Å²) in [6.07, 6.45) is 6.04. The van der Waals surface area contributed by atoms with Gasteiger partial charge < -0.3 is 9.32 Å². The minimum Gasteiger partial charge on any atom is -0.472 e. The quantitative estimate of drug-likeness (QED) is 0.515. The van der Waals surface area contributed by atoms with E-state index in [4.69, 9.17) is 4.42 Å². The van der Waals surface area contributed by atoms with E-state index >= 15 is 0 Å². The van der Waals surface area contributed by atoms with Gasteiger partial charge in [-0.05, 0) is 43.0 Å². The van der Waals surface area contributed by atoms with Gasteiger partial charge in [0, 0.05) is 29.7 Å². The third-order valence-electron chi connectivity index (χ3n) is 4.36. The second-order valence-electron chi connectivity index (χ2n) is 6.16. The van der Waals surface area contributed by atoms with Gasteiger partial charge in [-0.3, -0.25) is 9.20 Å². The maximum absolute atomic E-state index is 13.4. The molecule has 6 heteroatoms. The maximum Gasteiger partial charge on any atom is 0.273 e. The SMILES string of the molecule is Cc1nc2ccccn2c1C(=O)N(CCc1cccs1)Cc1ccoc1. The van der Waals surface area contributed by atoms with Crippen LogP contribution in [0, 0.1) is 6.92 Å². The molecule has 132 valence electrons. The zero-order valence-electron chi connectivity index (χ0n) is 14.5. The third kappa shape index (κ3) is 3.28. The first-order valence-corrected chi connectivity index (χ1v) is 9.37. The highest BCUT2D eigenvalue weighted by molar-refractivity contribution is 7.09. The highest BCUT2D eigenvalue weighted by Gasteiger charge is 2.23. The fraction of sp³-hybridized carbons (Fsp3) is 0.200. The van der Waals surface area contributed by atoms with Crippen LogP contribution in [0.15, 0.2) is 64.9 Å². The van der Waals surface area contributed by atoms with E-state index in [-0.39, 0.29) is 5.91 Å². The number of carbonyl (C=O) groups is 1. The molecule has 5 nitrogen and oxygen atoms in total. The lowest BCUT2D eigenvalue weighted by molar-refractivity contribution is 0.0737. The number of furan rings is 1. The Morgan fingerprint density at radius 3 is 2.96 bits per heavy atom. The normalized spacial score (nSPS) is 11.1. The zero-order valence-corrected chi connectivity index (χ0v) is 15.3. The van der Waals surface area contributed by atoms with Gasteiger partial charge in [0.1, 0.15) is 11.3 Å². The lowest BCUT2D eigenvalue weighted by Gasteiger charge is -2.22. The summed E-state index contributed by atoms with van der Waals surface area (Å²) in [6, 6.07) is 11.8. The molecule has 0 saturated heterocycles. The summed E-state index contributed by atoms with van der Waals surface area (Å²) in [5.74, 6) is -0.0149. The Bertz CT molecular complexity index is 1000. The minimum atomic E-state index is -0.0149. The second kappa shape index (κ2) is 7.17. The van der Waals surface area contributed by atoms with Crippen molar-refractivity contribution in [1.82, 2.24) is 14.3 Å². The molecule has 0 fully saturated rings. The molecule has 1 amide bonds. The fourth-order valence-electron chi connectivity index (χ4n) is 3.08. The van der Waals surface area contributed by atoms with Crippen LogP contribution < -0.4 is 0 Å². The zero-order chi connectivity index (χ0) is 17.9. The first-order chi connectivity index (χ1) is 12.7. The Morgan fingerprint density at radius 2 is 2.19 bits per heavy atom. The van der Waals surface area contributed by atoms with Gasteiger partial charge in [0.15, 0.2) is 0 Å². The Kier molecular flexibility index (Phi) is 4.58. The van der Waals surface area contributed by atoms with Crippen LogP contribution in [-0.4, -0.2) is 26.7 Å². The number of rotatable bonds is 6. The van der Waals surface area contributed by atoms with Crippen LogP contribution in [0.5, 0.6) is 0 Å². The summed E-state index contributed by atoms with van der Waals surface area (Å²) in [5, 5.41) is 2.06. The van der Waals surface area contributed by atoms with Gasteiger partial charge in [0.25, 0.3) is 5.91 Å². The standard InChI is InChI=1S/C20H19N3O2S/c1-15-19(23-9-3-2-6-18(23)21-15)20(24)22(13-16-8-11-25-14-16)10-7-17-5-4-12-26-17/h2-6,8-9,11-12,14H,7,10,13H2,1H3. The summed E-state index contributed by atoms with van der Waals surface area (Å²) >= 11 is 1.71. The first kappa shape index (κ1) is 16.6. The molecule has 4 aromatic rings. The van der Waals surface area contributed by atoms with Crippen molar-refractivity contribution in [2.75, 3.05) is 6.54 Å². The van der Waals surface area contributed by atoms with Gasteiger partial charge in [-0.2, -0.15) is 0 Å². The molecule has 0 unspecified atom stereocenters. The molecule has 4 heterocycles. The molecule has 26 heavy (non-hydrogen) atoms. The summed E-state index contributed by atoms with van der Waals surface area (Å²) < 4.78 is 7.04. The fourth-order valence-corrected chi connectivity index (χ4v) is 3.77. The van der Waals surface area contributed by atoms with Crippen LogP contribution in [0.2, 0.25) is 0 Å². The van der Waals surface area contributed by atoms with Crippen molar-refractivity contribution in [2.24, 2.45) is 0 Å². The molecule has 0 aliphatic heterocycles. The Balaban J connectivity index is 1.64. The average Bonchev–Trinajstić information content (AvgIpc) is 3.38. The van der Waals surface area contributed by atoms with Gasteiger partial charge in [-0.15, -0.1) is 11.3 Å². The minimum absolute atomic E-state index is 0.0149. The number of carbonyl (C=O) groups excluding carboxylic acids is 1. The number of pyridine rings is 1. The number of amides is 1. The largest absolute Gasteiger partial charge is 0.472 e. The van der Waals surface area contributed by atoms with E-state index in [2.05, 4.69) is 16.4 Å². The number of aryl methyl sites for hydroxylation is 1. The first-order valence-electron chi connectivity index (χ1n) is 8.49. The number of hydrogen-bond acceptors (Lipinski definition) is 4. The number of fused-ring (bicyclic) bond motifs is 1. The Morgan fingerprint density at radius 1 is 1.27 bits per heavy atom. The molecule has 0 saturated carbocycles. The predicted octanol–water partition coefficient (Wildman–Crippen LogP) is 4.18. The van der Waals surface area contributed by atoms with E-state index in [1.807, 2.05) is 52.8 Å². The maximum atomic E-state index is 13.4. The number of imidazole rings is 1. The van der Waals surface area contributed by atoms with Crippen LogP contribution in [0.3, 0.4) is 0 Å². The molecule has 0 bridgehead atoms. The summed E-state index contributed by atoms with van der Waals surface area (Å²) in [6.45, 7) is 3.04. The van der Waals surface area contributed by atoms with Crippen molar-refractivity contribution >= 4 is 22.9 Å². The smallest absolute Gasteiger partial charge is 0.273 e. The van der Waals surface area contributed by atoms with Gasteiger partial charge in [-0.25, -0.2) is 4.98 Å². The molecule has 0 spiro atoms. The van der Waals surface area contributed by atoms with Crippen molar-refractivity contribution in [3.8, 4) is 0 Å². The lowest BCUT2D eigenvalue weighted by Crippen LogP contribution is -2.33. The van der Waals surface area contributed by atoms with Gasteiger partial charge in [0.05, 0.1) is 18.2 Å². The Hall–Kier alpha value is -2.86. The van der Waals surface area contributed by atoms with Crippen molar-refractivity contribution in [3.05, 3.63) is 82.3 Å². The van der Waals surface area contributed by atoms with Gasteiger partial charge in [0.2, 0.25) is 0 Å². The molecular weight excluding hydrogens is 346 g/mol. The highest BCUT2D eigenvalue weighted by atomic mass is 32.1. The number of nitrogens with zero attached hydrogens (tertiary/aromatic N) is 3. The Labute approximate surface area is 155 Å². The molecule has 4 rings (SSSR count). The van der Waals surface area contributed by atoms with Crippen molar-refractivity contribution in [1.29, 1.82) is 0 Å². The second-order valence-corrected chi connectivity index (χ2v) is 7.19. The van der Waals surface area contributed by atoms with Crippen molar-refractivity contribution in [3.63, 3.8) is 0 Å². The van der Waals surface area contributed by atoms with E-state index < -0.39 is 0 Å². The molecule has 0 atom stereocenters. The summed E-state index contributed by atoms with van der Waals surface area (Å²) in [5.41, 5.74) is 3.13. The monoisotopic (exact) mass is 365 g/mol. The molecule has 4 aromatic heterocycles. The molecule has 0 N–H and O–H groups in total. The van der Waals surface area contributed by atoms with E-state index in [0.29, 0.717) is 18.8 Å². The predicted molar refractivity (Wildman–Crippen MR) is 101 cm³/mol. The van der Waals surface area contributed by atoms with Crippen LogP contribution >= 0.6 is 11.3 Å². The molecule has 0 radical (unpaired) electrons. The van der Waals surface area contributed by atoms with Crippen molar-refractivity contribution < 1.29 is 9.21 Å². The molecule has 0 aromatic carbocycles. The van der Waals surface area contributed by atoms with Gasteiger partial charge >= 0.3 is 0 Å². The summed E-state index contributed by atoms with van der Waals surface area (Å²) in [7, 11) is 0. The molecule has 0 aliphatic rings. The van der Waals surface area contributed by atoms with Crippen LogP contribution in [0.25, 0.3) is 5.65 Å². The van der Waals surface area contributed by atoms with E-state index in [1.165, 1.54) is 4.88 Å². The molecule has 0 aliphatic carbocycles. The number of thiophene rings is 1. The average molecular weight is 365 g/mol. The van der Waals surface area contributed by atoms with Crippen molar-refractivity contribution in [2.45, 2.75) is 19.9 Å². The lowest BCUT2D eigenvalue weighted by atomic mass is 10.2. The van der Waals surface area contributed by atoms with Crippen LogP contribution in [0.4, 0.5) is 0 Å².